The van der Waals surface area contributed by atoms with Crippen molar-refractivity contribution in [2.24, 2.45) is 17.8 Å². The number of benzene rings is 2. The first-order valence-corrected chi connectivity index (χ1v) is 12.5. The predicted molar refractivity (Wildman–Crippen MR) is 133 cm³/mol. The molecule has 7 heteroatoms. The van der Waals surface area contributed by atoms with Gasteiger partial charge in [-0.1, -0.05) is 75.2 Å². The van der Waals surface area contributed by atoms with Crippen LogP contribution in [0.1, 0.15) is 56.6 Å². The summed E-state index contributed by atoms with van der Waals surface area (Å²) in [5.41, 5.74) is 4.66. The molecular formula is C28H34N2O5. The van der Waals surface area contributed by atoms with Crippen LogP contribution in [0.15, 0.2) is 48.5 Å². The number of carboxylic acid groups (broad SMARTS) is 1. The van der Waals surface area contributed by atoms with E-state index in [1.807, 2.05) is 24.3 Å². The monoisotopic (exact) mass is 478 g/mol. The molecule has 186 valence electrons. The van der Waals surface area contributed by atoms with E-state index in [1.54, 1.807) is 13.8 Å². The van der Waals surface area contributed by atoms with Crippen molar-refractivity contribution in [1.82, 2.24) is 10.6 Å². The number of fused-ring (bicyclic) bond motifs is 3. The Bertz CT molecular complexity index is 1040. The fraction of sp³-hybridized carbons (Fsp3) is 0.464. The van der Waals surface area contributed by atoms with Gasteiger partial charge in [-0.3, -0.25) is 4.79 Å². The molecule has 3 N–H and O–H groups in total. The van der Waals surface area contributed by atoms with Crippen molar-refractivity contribution in [1.29, 1.82) is 0 Å². The van der Waals surface area contributed by atoms with Gasteiger partial charge in [-0.2, -0.15) is 0 Å². The number of amides is 2. The van der Waals surface area contributed by atoms with E-state index in [-0.39, 0.29) is 36.2 Å². The summed E-state index contributed by atoms with van der Waals surface area (Å²) in [5, 5.41) is 15.0. The first-order chi connectivity index (χ1) is 16.9. The van der Waals surface area contributed by atoms with Crippen molar-refractivity contribution in [3.63, 3.8) is 0 Å². The Labute approximate surface area is 206 Å². The molecule has 1 saturated carbocycles. The van der Waals surface area contributed by atoms with Crippen LogP contribution in [-0.2, 0) is 14.3 Å². The van der Waals surface area contributed by atoms with Gasteiger partial charge >= 0.3 is 12.1 Å². The number of hydrogen-bond donors (Lipinski definition) is 3. The number of hydrogen-bond acceptors (Lipinski definition) is 4. The number of nitrogens with one attached hydrogen (secondary N) is 2. The molecule has 0 bridgehead atoms. The lowest BCUT2D eigenvalue weighted by atomic mass is 9.78. The number of rotatable bonds is 8. The molecule has 0 spiro atoms. The lowest BCUT2D eigenvalue weighted by molar-refractivity contribution is -0.144. The van der Waals surface area contributed by atoms with Crippen LogP contribution in [-0.4, -0.2) is 42.3 Å². The summed E-state index contributed by atoms with van der Waals surface area (Å²) in [7, 11) is 0. The highest BCUT2D eigenvalue weighted by Crippen LogP contribution is 2.44. The van der Waals surface area contributed by atoms with Crippen LogP contribution in [0.25, 0.3) is 11.1 Å². The molecule has 7 nitrogen and oxygen atoms in total. The van der Waals surface area contributed by atoms with Crippen molar-refractivity contribution in [3.8, 4) is 11.1 Å². The fourth-order valence-corrected chi connectivity index (χ4v) is 5.43. The van der Waals surface area contributed by atoms with Crippen LogP contribution in [0.5, 0.6) is 0 Å². The summed E-state index contributed by atoms with van der Waals surface area (Å²) < 4.78 is 5.63. The minimum atomic E-state index is -1.03. The maximum atomic E-state index is 12.9. The first kappa shape index (κ1) is 24.8. The minimum absolute atomic E-state index is 0.00894. The van der Waals surface area contributed by atoms with Crippen molar-refractivity contribution >= 4 is 18.0 Å². The third-order valence-corrected chi connectivity index (χ3v) is 7.33. The Morgan fingerprint density at radius 3 is 2.17 bits per heavy atom. The smallest absolute Gasteiger partial charge is 0.407 e. The average Bonchev–Trinajstić information content (AvgIpc) is 3.18. The summed E-state index contributed by atoms with van der Waals surface area (Å²) in [6.45, 7) is 4.11. The molecule has 2 aromatic carbocycles. The maximum absolute atomic E-state index is 12.9. The van der Waals surface area contributed by atoms with Gasteiger partial charge in [-0.25, -0.2) is 9.59 Å². The normalized spacial score (nSPS) is 20.0. The minimum Gasteiger partial charge on any atom is -0.480 e. The molecule has 2 aliphatic rings. The number of aliphatic carboxylic acids is 1. The van der Waals surface area contributed by atoms with Crippen molar-refractivity contribution in [3.05, 3.63) is 59.7 Å². The molecule has 2 amide bonds. The van der Waals surface area contributed by atoms with Crippen LogP contribution in [0.4, 0.5) is 4.79 Å². The zero-order valence-electron chi connectivity index (χ0n) is 20.3. The summed E-state index contributed by atoms with van der Waals surface area (Å²) in [4.78, 5) is 37.0. The zero-order chi connectivity index (χ0) is 24.9. The topological polar surface area (TPSA) is 105 Å². The standard InChI is InChI=1S/C28H34N2O5/c1-17(2)25(27(32)33)30-26(31)19-10-4-3-9-18(19)15-29-28(34)35-16-24-22-13-7-5-11-20(22)21-12-6-8-14-23(21)24/h5-8,11-14,17-19,24-25H,3-4,9-10,15-16H2,1-2H3,(H,29,34)(H,30,31)(H,32,33)/t18?,19?,25-/m1/s1. The van der Waals surface area contributed by atoms with E-state index in [9.17, 15) is 19.5 Å². The molecule has 0 radical (unpaired) electrons. The van der Waals surface area contributed by atoms with Gasteiger partial charge in [0.15, 0.2) is 0 Å². The summed E-state index contributed by atoms with van der Waals surface area (Å²) >= 11 is 0. The largest absolute Gasteiger partial charge is 0.480 e. The molecule has 0 aromatic heterocycles. The lowest BCUT2D eigenvalue weighted by Gasteiger charge is -2.32. The second-order valence-electron chi connectivity index (χ2n) is 9.93. The van der Waals surface area contributed by atoms with Crippen LogP contribution < -0.4 is 10.6 Å². The van der Waals surface area contributed by atoms with Gasteiger partial charge in [0, 0.05) is 18.4 Å². The van der Waals surface area contributed by atoms with Gasteiger partial charge in [0.2, 0.25) is 5.91 Å². The molecular weight excluding hydrogens is 444 g/mol. The number of carbonyl (C=O) groups is 3. The summed E-state index contributed by atoms with van der Waals surface area (Å²) in [6, 6.07) is 15.5. The van der Waals surface area contributed by atoms with E-state index in [4.69, 9.17) is 4.74 Å². The highest BCUT2D eigenvalue weighted by molar-refractivity contribution is 5.85. The predicted octanol–water partition coefficient (Wildman–Crippen LogP) is 4.56. The summed E-state index contributed by atoms with van der Waals surface area (Å²) in [5.74, 6) is -1.87. The molecule has 0 saturated heterocycles. The molecule has 2 aromatic rings. The van der Waals surface area contributed by atoms with Crippen LogP contribution in [0.3, 0.4) is 0 Å². The Balaban J connectivity index is 1.33. The van der Waals surface area contributed by atoms with E-state index in [0.29, 0.717) is 13.0 Å². The number of ether oxygens (including phenoxy) is 1. The quantitative estimate of drug-likeness (QED) is 0.516. The van der Waals surface area contributed by atoms with Gasteiger partial charge in [0.05, 0.1) is 0 Å². The molecule has 4 rings (SSSR count). The third kappa shape index (κ3) is 5.50. The van der Waals surface area contributed by atoms with Gasteiger partial charge in [0.1, 0.15) is 12.6 Å². The van der Waals surface area contributed by atoms with E-state index in [1.165, 1.54) is 11.1 Å². The van der Waals surface area contributed by atoms with Crippen molar-refractivity contribution in [2.45, 2.75) is 51.5 Å². The van der Waals surface area contributed by atoms with Crippen molar-refractivity contribution in [2.75, 3.05) is 13.2 Å². The Morgan fingerprint density at radius 2 is 1.57 bits per heavy atom. The second kappa shape index (κ2) is 10.9. The molecule has 3 atom stereocenters. The highest BCUT2D eigenvalue weighted by Gasteiger charge is 2.34. The number of alkyl carbamates (subject to hydrolysis) is 1. The Kier molecular flexibility index (Phi) is 7.73. The lowest BCUT2D eigenvalue weighted by Crippen LogP contribution is -2.49. The number of carboxylic acids is 1. The van der Waals surface area contributed by atoms with E-state index in [0.717, 1.165) is 30.4 Å². The van der Waals surface area contributed by atoms with Gasteiger partial charge < -0.3 is 20.5 Å². The number of carbonyl (C=O) groups excluding carboxylic acids is 2. The molecule has 0 heterocycles. The zero-order valence-corrected chi connectivity index (χ0v) is 20.3. The second-order valence-corrected chi connectivity index (χ2v) is 9.93. The third-order valence-electron chi connectivity index (χ3n) is 7.33. The molecule has 2 unspecified atom stereocenters. The molecule has 35 heavy (non-hydrogen) atoms. The Morgan fingerprint density at radius 1 is 0.971 bits per heavy atom. The highest BCUT2D eigenvalue weighted by atomic mass is 16.5. The summed E-state index contributed by atoms with van der Waals surface area (Å²) in [6.07, 6.45) is 2.89. The first-order valence-electron chi connectivity index (χ1n) is 12.5. The molecule has 0 aliphatic heterocycles. The van der Waals surface area contributed by atoms with Crippen LogP contribution in [0, 0.1) is 17.8 Å². The Hall–Kier alpha value is -3.35. The average molecular weight is 479 g/mol. The SMILES string of the molecule is CC(C)[C@@H](NC(=O)C1CCCCC1CNC(=O)OCC1c2ccccc2-c2ccccc21)C(=O)O. The van der Waals surface area contributed by atoms with E-state index in [2.05, 4.69) is 34.9 Å². The van der Waals surface area contributed by atoms with Gasteiger partial charge in [0.25, 0.3) is 0 Å². The van der Waals surface area contributed by atoms with E-state index >= 15 is 0 Å². The van der Waals surface area contributed by atoms with Crippen LogP contribution >= 0.6 is 0 Å². The van der Waals surface area contributed by atoms with Crippen molar-refractivity contribution < 1.29 is 24.2 Å². The van der Waals surface area contributed by atoms with E-state index < -0.39 is 18.1 Å². The maximum Gasteiger partial charge on any atom is 0.407 e. The molecule has 1 fully saturated rings. The van der Waals surface area contributed by atoms with Crippen LogP contribution in [0.2, 0.25) is 0 Å². The molecule has 2 aliphatic carbocycles. The van der Waals surface area contributed by atoms with Gasteiger partial charge in [-0.05, 0) is 46.9 Å². The van der Waals surface area contributed by atoms with Gasteiger partial charge in [-0.15, -0.1) is 0 Å². The fourth-order valence-electron chi connectivity index (χ4n) is 5.43.